The van der Waals surface area contributed by atoms with E-state index in [9.17, 15) is 4.79 Å². The molecule has 0 radical (unpaired) electrons. The van der Waals surface area contributed by atoms with Gasteiger partial charge in [0.1, 0.15) is 11.3 Å². The van der Waals surface area contributed by atoms with Crippen molar-refractivity contribution in [1.29, 1.82) is 0 Å². The van der Waals surface area contributed by atoms with Crippen LogP contribution in [0.15, 0.2) is 65.1 Å². The van der Waals surface area contributed by atoms with E-state index in [1.165, 1.54) is 0 Å². The van der Waals surface area contributed by atoms with E-state index >= 15 is 0 Å². The predicted octanol–water partition coefficient (Wildman–Crippen LogP) is 5.59. The number of nitrogens with one attached hydrogen (secondary N) is 2. The molecule has 4 rings (SSSR count). The minimum absolute atomic E-state index is 0.186. The van der Waals surface area contributed by atoms with E-state index in [0.29, 0.717) is 33.3 Å². The van der Waals surface area contributed by atoms with Crippen molar-refractivity contribution in [2.45, 2.75) is 6.92 Å². The first kappa shape index (κ1) is 20.8. The Kier molecular flexibility index (Phi) is 5.88. The van der Waals surface area contributed by atoms with Crippen LogP contribution in [-0.2, 0) is 0 Å². The summed E-state index contributed by atoms with van der Waals surface area (Å²) in [4.78, 5) is 17.0. The number of thiocarbonyl (C=S) groups is 1. The molecule has 8 heteroatoms. The molecule has 0 saturated carbocycles. The number of amides is 1. The van der Waals surface area contributed by atoms with Crippen LogP contribution in [0.2, 0.25) is 5.02 Å². The quantitative estimate of drug-likeness (QED) is 0.394. The van der Waals surface area contributed by atoms with E-state index < -0.39 is 0 Å². The molecule has 0 saturated heterocycles. The summed E-state index contributed by atoms with van der Waals surface area (Å²) in [5, 5.41) is 6.53. The molecule has 0 aliphatic heterocycles. The molecule has 1 aromatic heterocycles. The Hall–Kier alpha value is -3.42. The summed E-state index contributed by atoms with van der Waals surface area (Å²) >= 11 is 11.4. The number of fused-ring (bicyclic) bond motifs is 1. The topological polar surface area (TPSA) is 76.4 Å². The Morgan fingerprint density at radius 3 is 2.65 bits per heavy atom. The molecule has 6 nitrogen and oxygen atoms in total. The molecule has 156 valence electrons. The summed E-state index contributed by atoms with van der Waals surface area (Å²) < 4.78 is 11.0. The standard InChI is InChI=1S/C23H18ClN3O3S/c1-13-17(22-25-19-12-15(24)8-11-20(19)30-22)4-3-5-18(13)26-23(31)27-21(28)14-6-9-16(29-2)10-7-14/h3-12H,1-2H3,(H2,26,27,28,31). The highest BCUT2D eigenvalue weighted by Crippen LogP contribution is 2.31. The number of oxazole rings is 1. The molecule has 0 bridgehead atoms. The number of carbonyl (C=O) groups is 1. The minimum atomic E-state index is -0.315. The summed E-state index contributed by atoms with van der Waals surface area (Å²) in [6.07, 6.45) is 0. The maximum atomic E-state index is 12.4. The Bertz CT molecular complexity index is 1290. The third-order valence-electron chi connectivity index (χ3n) is 4.74. The molecule has 0 aliphatic carbocycles. The number of carbonyl (C=O) groups excluding carboxylic acids is 1. The van der Waals surface area contributed by atoms with Gasteiger partial charge < -0.3 is 14.5 Å². The number of benzene rings is 3. The van der Waals surface area contributed by atoms with Crippen LogP contribution in [0, 0.1) is 6.92 Å². The van der Waals surface area contributed by atoms with Crippen LogP contribution in [0.1, 0.15) is 15.9 Å². The largest absolute Gasteiger partial charge is 0.497 e. The lowest BCUT2D eigenvalue weighted by atomic mass is 10.1. The van der Waals surface area contributed by atoms with Crippen molar-refractivity contribution in [1.82, 2.24) is 10.3 Å². The Morgan fingerprint density at radius 2 is 1.90 bits per heavy atom. The zero-order valence-electron chi connectivity index (χ0n) is 16.7. The SMILES string of the molecule is COc1ccc(C(=O)NC(=S)Nc2cccc(-c3nc4cc(Cl)ccc4o3)c2C)cc1. The second-order valence-corrected chi connectivity index (χ2v) is 7.59. The average molecular weight is 452 g/mol. The lowest BCUT2D eigenvalue weighted by molar-refractivity contribution is 0.0977. The van der Waals surface area contributed by atoms with Crippen LogP contribution < -0.4 is 15.4 Å². The second-order valence-electron chi connectivity index (χ2n) is 6.75. The smallest absolute Gasteiger partial charge is 0.257 e. The molecule has 2 N–H and O–H groups in total. The van der Waals surface area contributed by atoms with Crippen LogP contribution in [0.3, 0.4) is 0 Å². The first-order valence-electron chi connectivity index (χ1n) is 9.37. The highest BCUT2D eigenvalue weighted by Gasteiger charge is 2.15. The van der Waals surface area contributed by atoms with E-state index in [1.807, 2.05) is 25.1 Å². The lowest BCUT2D eigenvalue weighted by Gasteiger charge is -2.13. The molecule has 0 atom stereocenters. The molecule has 1 heterocycles. The van der Waals surface area contributed by atoms with Crippen molar-refractivity contribution >= 4 is 51.6 Å². The summed E-state index contributed by atoms with van der Waals surface area (Å²) in [7, 11) is 1.57. The maximum absolute atomic E-state index is 12.4. The number of hydrogen-bond acceptors (Lipinski definition) is 5. The van der Waals surface area contributed by atoms with Crippen molar-refractivity contribution in [2.75, 3.05) is 12.4 Å². The first-order valence-corrected chi connectivity index (χ1v) is 10.2. The van der Waals surface area contributed by atoms with Gasteiger partial charge >= 0.3 is 0 Å². The summed E-state index contributed by atoms with van der Waals surface area (Å²) in [5.41, 5.74) is 4.23. The van der Waals surface area contributed by atoms with E-state index in [0.717, 1.165) is 16.8 Å². The van der Waals surface area contributed by atoms with Crippen molar-refractivity contribution in [3.05, 3.63) is 76.8 Å². The fourth-order valence-corrected chi connectivity index (χ4v) is 3.46. The Balaban J connectivity index is 1.52. The highest BCUT2D eigenvalue weighted by molar-refractivity contribution is 7.80. The zero-order valence-corrected chi connectivity index (χ0v) is 18.3. The van der Waals surface area contributed by atoms with Crippen molar-refractivity contribution < 1.29 is 13.9 Å². The molecule has 31 heavy (non-hydrogen) atoms. The van der Waals surface area contributed by atoms with Gasteiger partial charge in [-0.05, 0) is 79.3 Å². The van der Waals surface area contributed by atoms with Gasteiger partial charge in [-0.3, -0.25) is 10.1 Å². The van der Waals surface area contributed by atoms with Crippen LogP contribution in [-0.4, -0.2) is 23.1 Å². The molecular formula is C23H18ClN3O3S. The summed E-state index contributed by atoms with van der Waals surface area (Å²) in [6.45, 7) is 1.92. The highest BCUT2D eigenvalue weighted by atomic mass is 35.5. The summed E-state index contributed by atoms with van der Waals surface area (Å²) in [6, 6.07) is 17.7. The second kappa shape index (κ2) is 8.75. The van der Waals surface area contributed by atoms with E-state index in [1.54, 1.807) is 49.6 Å². The van der Waals surface area contributed by atoms with Crippen LogP contribution >= 0.6 is 23.8 Å². The van der Waals surface area contributed by atoms with Crippen molar-refractivity contribution in [3.8, 4) is 17.2 Å². The van der Waals surface area contributed by atoms with Gasteiger partial charge in [0.25, 0.3) is 5.91 Å². The van der Waals surface area contributed by atoms with Gasteiger partial charge in [0.15, 0.2) is 10.7 Å². The Labute approximate surface area is 189 Å². The molecule has 0 unspecified atom stereocenters. The number of hydrogen-bond donors (Lipinski definition) is 2. The van der Waals surface area contributed by atoms with E-state index in [4.69, 9.17) is 33.0 Å². The number of aromatic nitrogens is 1. The average Bonchev–Trinajstić information content (AvgIpc) is 3.18. The number of rotatable bonds is 4. The first-order chi connectivity index (χ1) is 14.9. The van der Waals surface area contributed by atoms with Gasteiger partial charge in [0.05, 0.1) is 7.11 Å². The van der Waals surface area contributed by atoms with Gasteiger partial charge in [-0.15, -0.1) is 0 Å². The van der Waals surface area contributed by atoms with Crippen molar-refractivity contribution in [3.63, 3.8) is 0 Å². The predicted molar refractivity (Wildman–Crippen MR) is 126 cm³/mol. The molecular weight excluding hydrogens is 434 g/mol. The van der Waals surface area contributed by atoms with Crippen LogP contribution in [0.5, 0.6) is 5.75 Å². The number of methoxy groups -OCH3 is 1. The Morgan fingerprint density at radius 1 is 1.13 bits per heavy atom. The number of nitrogens with zero attached hydrogens (tertiary/aromatic N) is 1. The maximum Gasteiger partial charge on any atom is 0.257 e. The van der Waals surface area contributed by atoms with Gasteiger partial charge in [0.2, 0.25) is 5.89 Å². The molecule has 1 amide bonds. The van der Waals surface area contributed by atoms with Gasteiger partial charge in [-0.2, -0.15) is 0 Å². The van der Waals surface area contributed by atoms with Gasteiger partial charge in [-0.25, -0.2) is 4.98 Å². The van der Waals surface area contributed by atoms with E-state index in [-0.39, 0.29) is 11.0 Å². The monoisotopic (exact) mass is 451 g/mol. The molecule has 0 aliphatic rings. The molecule has 0 spiro atoms. The third-order valence-corrected chi connectivity index (χ3v) is 5.18. The third kappa shape index (κ3) is 4.52. The zero-order chi connectivity index (χ0) is 22.0. The molecule has 4 aromatic rings. The summed E-state index contributed by atoms with van der Waals surface area (Å²) in [5.74, 6) is 0.836. The molecule has 3 aromatic carbocycles. The number of ether oxygens (including phenoxy) is 1. The number of anilines is 1. The van der Waals surface area contributed by atoms with Gasteiger partial charge in [-0.1, -0.05) is 17.7 Å². The van der Waals surface area contributed by atoms with Crippen LogP contribution in [0.25, 0.3) is 22.6 Å². The van der Waals surface area contributed by atoms with E-state index in [2.05, 4.69) is 15.6 Å². The minimum Gasteiger partial charge on any atom is -0.497 e. The van der Waals surface area contributed by atoms with Gasteiger partial charge in [0, 0.05) is 21.8 Å². The fraction of sp³-hybridized carbons (Fsp3) is 0.0870. The number of halogens is 1. The fourth-order valence-electron chi connectivity index (χ4n) is 3.09. The van der Waals surface area contributed by atoms with Crippen LogP contribution in [0.4, 0.5) is 5.69 Å². The lowest BCUT2D eigenvalue weighted by Crippen LogP contribution is -2.34. The normalized spacial score (nSPS) is 10.7. The van der Waals surface area contributed by atoms with Crippen molar-refractivity contribution in [2.24, 2.45) is 0 Å². The molecule has 0 fully saturated rings.